The average molecular weight is 821 g/mol. The first-order valence-corrected chi connectivity index (χ1v) is 22.4. The van der Waals surface area contributed by atoms with Crippen molar-refractivity contribution < 1.29 is 0 Å². The molecule has 3 heteroatoms. The second-order valence-electron chi connectivity index (χ2n) is 16.6. The van der Waals surface area contributed by atoms with Crippen molar-refractivity contribution in [2.45, 2.75) is 12.3 Å². The SMILES string of the molecule is CC1(c2ccccc2)c2cc(-c3ccc(-c4cc(-c5cccc(-c6ccc7sc8ccccc8c7c6)c5)nc(-c5ccccc5)n4)cc3)ccc2-c2c(-c3ccccc3)cccc21. The molecule has 12 rings (SSSR count). The molecule has 2 nitrogen and oxygen atoms in total. The average Bonchev–Trinajstić information content (AvgIpc) is 3.87. The van der Waals surface area contributed by atoms with Gasteiger partial charge in [-0.25, -0.2) is 9.97 Å². The van der Waals surface area contributed by atoms with Gasteiger partial charge in [-0.15, -0.1) is 11.3 Å². The number of fused-ring (bicyclic) bond motifs is 6. The van der Waals surface area contributed by atoms with Gasteiger partial charge in [0.05, 0.1) is 11.4 Å². The third-order valence-electron chi connectivity index (χ3n) is 13.0. The summed E-state index contributed by atoms with van der Waals surface area (Å²) in [6.45, 7) is 2.39. The van der Waals surface area contributed by atoms with Gasteiger partial charge >= 0.3 is 0 Å². The highest BCUT2D eigenvalue weighted by Crippen LogP contribution is 2.56. The van der Waals surface area contributed by atoms with Gasteiger partial charge in [0.25, 0.3) is 0 Å². The summed E-state index contributed by atoms with van der Waals surface area (Å²) < 4.78 is 2.62. The predicted molar refractivity (Wildman–Crippen MR) is 265 cm³/mol. The van der Waals surface area contributed by atoms with Crippen LogP contribution in [0.4, 0.5) is 0 Å². The number of nitrogens with zero attached hydrogens (tertiary/aromatic N) is 2. The van der Waals surface area contributed by atoms with E-state index in [9.17, 15) is 0 Å². The first-order valence-electron chi connectivity index (χ1n) is 21.6. The Morgan fingerprint density at radius 2 is 0.921 bits per heavy atom. The molecule has 0 saturated heterocycles. The topological polar surface area (TPSA) is 25.8 Å². The van der Waals surface area contributed by atoms with Crippen LogP contribution < -0.4 is 0 Å². The molecule has 0 spiro atoms. The summed E-state index contributed by atoms with van der Waals surface area (Å²) >= 11 is 1.85. The van der Waals surface area contributed by atoms with Crippen LogP contribution >= 0.6 is 11.3 Å². The Morgan fingerprint density at radius 3 is 1.71 bits per heavy atom. The maximum atomic E-state index is 5.19. The summed E-state index contributed by atoms with van der Waals surface area (Å²) in [6.07, 6.45) is 0. The van der Waals surface area contributed by atoms with Crippen LogP contribution in [-0.4, -0.2) is 9.97 Å². The number of hydrogen-bond donors (Lipinski definition) is 0. The molecule has 1 unspecified atom stereocenters. The van der Waals surface area contributed by atoms with Crippen LogP contribution in [0.2, 0.25) is 0 Å². The zero-order valence-corrected chi connectivity index (χ0v) is 35.5. The Kier molecular flexibility index (Phi) is 8.84. The summed E-state index contributed by atoms with van der Waals surface area (Å²) in [7, 11) is 0. The molecule has 0 saturated carbocycles. The molecular weight excluding hydrogens is 781 g/mol. The molecule has 11 aromatic rings. The Balaban J connectivity index is 0.931. The van der Waals surface area contributed by atoms with Gasteiger partial charge in [0.1, 0.15) is 0 Å². The lowest BCUT2D eigenvalue weighted by Gasteiger charge is -2.29. The Labute approximate surface area is 371 Å². The number of hydrogen-bond acceptors (Lipinski definition) is 3. The van der Waals surface area contributed by atoms with Crippen molar-refractivity contribution in [2.75, 3.05) is 0 Å². The van der Waals surface area contributed by atoms with Crippen molar-refractivity contribution in [2.24, 2.45) is 0 Å². The van der Waals surface area contributed by atoms with Crippen molar-refractivity contribution in [3.63, 3.8) is 0 Å². The quantitative estimate of drug-likeness (QED) is 0.160. The Bertz CT molecular complexity index is 3500. The molecule has 1 aliphatic carbocycles. The third kappa shape index (κ3) is 6.31. The molecule has 0 radical (unpaired) electrons. The van der Waals surface area contributed by atoms with E-state index >= 15 is 0 Å². The highest BCUT2D eigenvalue weighted by molar-refractivity contribution is 7.25. The van der Waals surface area contributed by atoms with Crippen LogP contribution in [0.1, 0.15) is 23.6 Å². The first kappa shape index (κ1) is 37.1. The molecule has 0 aliphatic heterocycles. The fourth-order valence-electron chi connectivity index (χ4n) is 9.76. The summed E-state index contributed by atoms with van der Waals surface area (Å²) in [6, 6.07) is 81.2. The van der Waals surface area contributed by atoms with E-state index in [4.69, 9.17) is 9.97 Å². The Morgan fingerprint density at radius 1 is 0.349 bits per heavy atom. The molecule has 9 aromatic carbocycles. The lowest BCUT2D eigenvalue weighted by Crippen LogP contribution is -2.22. The molecule has 63 heavy (non-hydrogen) atoms. The highest BCUT2D eigenvalue weighted by Gasteiger charge is 2.42. The fourth-order valence-corrected chi connectivity index (χ4v) is 10.8. The predicted octanol–water partition coefficient (Wildman–Crippen LogP) is 16.2. The number of thiophene rings is 1. The molecule has 1 atom stereocenters. The summed E-state index contributed by atoms with van der Waals surface area (Å²) in [5, 5.41) is 2.60. The minimum Gasteiger partial charge on any atom is -0.228 e. The molecule has 2 heterocycles. The van der Waals surface area contributed by atoms with Crippen LogP contribution in [0.5, 0.6) is 0 Å². The Hall–Kier alpha value is -7.72. The van der Waals surface area contributed by atoms with Gasteiger partial charge in [-0.1, -0.05) is 188 Å². The van der Waals surface area contributed by atoms with Crippen molar-refractivity contribution in [1.82, 2.24) is 9.97 Å². The third-order valence-corrected chi connectivity index (χ3v) is 14.2. The van der Waals surface area contributed by atoms with E-state index in [0.717, 1.165) is 39.2 Å². The minimum atomic E-state index is -0.319. The van der Waals surface area contributed by atoms with E-state index in [-0.39, 0.29) is 5.41 Å². The first-order chi connectivity index (χ1) is 31.1. The molecule has 1 aliphatic rings. The minimum absolute atomic E-state index is 0.319. The zero-order valence-electron chi connectivity index (χ0n) is 34.7. The van der Waals surface area contributed by atoms with Gasteiger partial charge in [-0.2, -0.15) is 0 Å². The molecular formula is C60H40N2S. The summed E-state index contributed by atoms with van der Waals surface area (Å²) in [4.78, 5) is 10.4. The van der Waals surface area contributed by atoms with Gasteiger partial charge in [-0.3, -0.25) is 0 Å². The van der Waals surface area contributed by atoms with E-state index in [1.807, 2.05) is 29.5 Å². The van der Waals surface area contributed by atoms with Crippen molar-refractivity contribution in [1.29, 1.82) is 0 Å². The molecule has 0 N–H and O–H groups in total. The molecule has 296 valence electrons. The monoisotopic (exact) mass is 820 g/mol. The van der Waals surface area contributed by atoms with Crippen molar-refractivity contribution in [3.8, 4) is 78.4 Å². The van der Waals surface area contributed by atoms with Gasteiger partial charge < -0.3 is 0 Å². The molecule has 2 aromatic heterocycles. The van der Waals surface area contributed by atoms with E-state index in [2.05, 4.69) is 213 Å². The maximum absolute atomic E-state index is 5.19. The van der Waals surface area contributed by atoms with Gasteiger partial charge in [-0.05, 0) is 105 Å². The summed E-state index contributed by atoms with van der Waals surface area (Å²) in [5.74, 6) is 0.706. The van der Waals surface area contributed by atoms with Crippen molar-refractivity contribution >= 4 is 31.5 Å². The number of aromatic nitrogens is 2. The van der Waals surface area contributed by atoms with Gasteiger partial charge in [0, 0.05) is 42.3 Å². The number of rotatable bonds is 7. The standard InChI is InChI=1S/C60H40N2S/c1-60(47-21-9-4-10-22-47)52-25-14-24-48(40-15-5-2-6-16-40)58(52)50-33-31-45(37-53(50)60)39-27-29-41(30-28-39)54-38-55(62-59(61-54)42-17-7-3-8-18-42)46-20-13-19-43(35-46)44-32-34-57-51(36-44)49-23-11-12-26-56(49)63-57/h2-38H,1H3. The van der Waals surface area contributed by atoms with Gasteiger partial charge in [0.15, 0.2) is 5.82 Å². The second-order valence-corrected chi connectivity index (χ2v) is 17.7. The van der Waals surface area contributed by atoms with Crippen LogP contribution in [0.25, 0.3) is 98.6 Å². The maximum Gasteiger partial charge on any atom is 0.160 e. The van der Waals surface area contributed by atoms with Crippen LogP contribution in [0.15, 0.2) is 224 Å². The van der Waals surface area contributed by atoms with E-state index in [0.29, 0.717) is 5.82 Å². The van der Waals surface area contributed by atoms with Crippen LogP contribution in [0, 0.1) is 0 Å². The number of benzene rings is 9. The van der Waals surface area contributed by atoms with Crippen molar-refractivity contribution in [3.05, 3.63) is 241 Å². The fraction of sp³-hybridized carbons (Fsp3) is 0.0333. The lowest BCUT2D eigenvalue weighted by atomic mass is 9.73. The molecule has 0 amide bonds. The van der Waals surface area contributed by atoms with E-state index < -0.39 is 0 Å². The largest absolute Gasteiger partial charge is 0.228 e. The second kappa shape index (κ2) is 15.0. The summed E-state index contributed by atoms with van der Waals surface area (Å²) in [5.41, 5.74) is 18.3. The van der Waals surface area contributed by atoms with E-state index in [1.54, 1.807) is 0 Å². The highest BCUT2D eigenvalue weighted by atomic mass is 32.1. The lowest BCUT2D eigenvalue weighted by molar-refractivity contribution is 0.714. The smallest absolute Gasteiger partial charge is 0.160 e. The molecule has 0 bridgehead atoms. The molecule has 0 fully saturated rings. The normalized spacial score (nSPS) is 14.2. The van der Waals surface area contributed by atoms with Gasteiger partial charge in [0.2, 0.25) is 0 Å². The zero-order chi connectivity index (χ0) is 41.9. The van der Waals surface area contributed by atoms with Crippen LogP contribution in [-0.2, 0) is 5.41 Å². The van der Waals surface area contributed by atoms with E-state index in [1.165, 1.54) is 70.2 Å². The van der Waals surface area contributed by atoms with Crippen LogP contribution in [0.3, 0.4) is 0 Å².